The van der Waals surface area contributed by atoms with Crippen molar-refractivity contribution in [1.82, 2.24) is 10.4 Å². The van der Waals surface area contributed by atoms with E-state index in [1.807, 2.05) is 60.6 Å². The first-order valence-electron chi connectivity index (χ1n) is 7.52. The summed E-state index contributed by atoms with van der Waals surface area (Å²) in [4.78, 5) is 17.9. The van der Waals surface area contributed by atoms with E-state index in [0.29, 0.717) is 12.1 Å². The van der Waals surface area contributed by atoms with Gasteiger partial charge in [0.1, 0.15) is 0 Å². The Morgan fingerprint density at radius 1 is 1.14 bits per heavy atom. The molecule has 0 radical (unpaired) electrons. The maximum Gasteiger partial charge on any atom is 0.251 e. The van der Waals surface area contributed by atoms with Crippen LogP contribution < -0.4 is 5.32 Å². The zero-order chi connectivity index (χ0) is 15.4. The first-order chi connectivity index (χ1) is 10.7. The molecular weight excluding hydrogens is 276 g/mol. The molecule has 0 unspecified atom stereocenters. The van der Waals surface area contributed by atoms with Crippen LogP contribution in [0.15, 0.2) is 60.7 Å². The molecule has 1 aliphatic heterocycles. The monoisotopic (exact) mass is 296 g/mol. The van der Waals surface area contributed by atoms with Crippen LogP contribution in [0.2, 0.25) is 0 Å². The largest absolute Gasteiger partial charge is 0.349 e. The van der Waals surface area contributed by atoms with Gasteiger partial charge in [-0.1, -0.05) is 48.5 Å². The predicted molar refractivity (Wildman–Crippen MR) is 85.2 cm³/mol. The lowest BCUT2D eigenvalue weighted by Crippen LogP contribution is -2.32. The van der Waals surface area contributed by atoms with Crippen LogP contribution >= 0.6 is 0 Å². The molecule has 0 aromatic heterocycles. The van der Waals surface area contributed by atoms with Crippen LogP contribution in [0.3, 0.4) is 0 Å². The minimum absolute atomic E-state index is 0.00266. The maximum absolute atomic E-state index is 12.1. The lowest BCUT2D eigenvalue weighted by molar-refractivity contribution is -0.142. The van der Waals surface area contributed by atoms with Gasteiger partial charge in [-0.3, -0.25) is 9.63 Å². The van der Waals surface area contributed by atoms with Gasteiger partial charge < -0.3 is 5.32 Å². The molecular formula is C18H20N2O2. The summed E-state index contributed by atoms with van der Waals surface area (Å²) in [6.45, 7) is 0.515. The van der Waals surface area contributed by atoms with Crippen molar-refractivity contribution in [2.75, 3.05) is 13.6 Å². The van der Waals surface area contributed by atoms with Crippen molar-refractivity contribution in [3.63, 3.8) is 0 Å². The Morgan fingerprint density at radius 2 is 1.77 bits per heavy atom. The third kappa shape index (κ3) is 3.35. The van der Waals surface area contributed by atoms with E-state index in [1.54, 1.807) is 0 Å². The number of hydrogen-bond acceptors (Lipinski definition) is 3. The van der Waals surface area contributed by atoms with E-state index in [4.69, 9.17) is 4.84 Å². The minimum Gasteiger partial charge on any atom is -0.349 e. The number of nitrogens with zero attached hydrogens (tertiary/aromatic N) is 1. The van der Waals surface area contributed by atoms with E-state index >= 15 is 0 Å². The molecule has 1 aliphatic rings. The van der Waals surface area contributed by atoms with Crippen molar-refractivity contribution in [3.05, 3.63) is 71.8 Å². The molecule has 3 rings (SSSR count). The Hall–Kier alpha value is -2.17. The lowest BCUT2D eigenvalue weighted by atomic mass is 10.0. The molecule has 114 valence electrons. The molecule has 2 aromatic carbocycles. The quantitative estimate of drug-likeness (QED) is 0.943. The van der Waals surface area contributed by atoms with Crippen LogP contribution in [0.1, 0.15) is 28.4 Å². The lowest BCUT2D eigenvalue weighted by Gasteiger charge is -2.17. The Labute approximate surface area is 130 Å². The summed E-state index contributed by atoms with van der Waals surface area (Å²) in [5.74, 6) is -0.0602. The Bertz CT molecular complexity index is 615. The van der Waals surface area contributed by atoms with Crippen LogP contribution in [0, 0.1) is 0 Å². The zero-order valence-corrected chi connectivity index (χ0v) is 12.6. The first-order valence-corrected chi connectivity index (χ1v) is 7.52. The second-order valence-corrected chi connectivity index (χ2v) is 5.51. The van der Waals surface area contributed by atoms with Gasteiger partial charge in [-0.25, -0.2) is 0 Å². The zero-order valence-electron chi connectivity index (χ0n) is 12.6. The average molecular weight is 296 g/mol. The van der Waals surface area contributed by atoms with Gasteiger partial charge in [-0.2, -0.15) is 5.06 Å². The second kappa shape index (κ2) is 6.73. The number of carbonyl (C=O) groups excluding carboxylic acids is 1. The van der Waals surface area contributed by atoms with E-state index < -0.39 is 0 Å². The topological polar surface area (TPSA) is 41.6 Å². The van der Waals surface area contributed by atoms with Gasteiger partial charge in [0.05, 0.1) is 12.1 Å². The molecule has 2 aromatic rings. The summed E-state index contributed by atoms with van der Waals surface area (Å²) in [6, 6.07) is 19.8. The highest BCUT2D eigenvalue weighted by Gasteiger charge is 2.32. The van der Waals surface area contributed by atoms with E-state index in [-0.39, 0.29) is 18.1 Å². The van der Waals surface area contributed by atoms with Crippen LogP contribution in [0.25, 0.3) is 0 Å². The van der Waals surface area contributed by atoms with Gasteiger partial charge in [0, 0.05) is 19.2 Å². The van der Waals surface area contributed by atoms with Crippen LogP contribution in [0.4, 0.5) is 0 Å². The third-order valence-corrected chi connectivity index (χ3v) is 3.95. The Morgan fingerprint density at radius 3 is 2.45 bits per heavy atom. The molecule has 1 fully saturated rings. The molecule has 0 aliphatic carbocycles. The van der Waals surface area contributed by atoms with Crippen LogP contribution in [-0.2, 0) is 4.84 Å². The third-order valence-electron chi connectivity index (χ3n) is 3.95. The minimum atomic E-state index is -0.0602. The summed E-state index contributed by atoms with van der Waals surface area (Å²) in [7, 11) is 1.94. The van der Waals surface area contributed by atoms with Gasteiger partial charge in [0.25, 0.3) is 5.91 Å². The summed E-state index contributed by atoms with van der Waals surface area (Å²) in [5.41, 5.74) is 1.91. The summed E-state index contributed by atoms with van der Waals surface area (Å²) in [5, 5.41) is 4.83. The van der Waals surface area contributed by atoms with Crippen molar-refractivity contribution >= 4 is 5.91 Å². The molecule has 1 N–H and O–H groups in total. The highest BCUT2D eigenvalue weighted by atomic mass is 16.7. The molecule has 22 heavy (non-hydrogen) atoms. The van der Waals surface area contributed by atoms with Gasteiger partial charge in [-0.05, 0) is 24.1 Å². The van der Waals surface area contributed by atoms with E-state index in [9.17, 15) is 4.79 Å². The number of amides is 1. The molecule has 1 saturated heterocycles. The molecule has 4 nitrogen and oxygen atoms in total. The summed E-state index contributed by atoms with van der Waals surface area (Å²) in [6.07, 6.45) is 0.873. The highest BCUT2D eigenvalue weighted by Crippen LogP contribution is 2.32. The molecule has 2 atom stereocenters. The van der Waals surface area contributed by atoms with E-state index in [2.05, 4.69) is 17.4 Å². The van der Waals surface area contributed by atoms with Gasteiger partial charge in [-0.15, -0.1) is 0 Å². The second-order valence-electron chi connectivity index (χ2n) is 5.51. The fourth-order valence-electron chi connectivity index (χ4n) is 2.79. The van der Waals surface area contributed by atoms with E-state index in [1.165, 1.54) is 5.56 Å². The number of carbonyl (C=O) groups is 1. The normalized spacial score (nSPS) is 21.7. The fourth-order valence-corrected chi connectivity index (χ4v) is 2.79. The van der Waals surface area contributed by atoms with Crippen molar-refractivity contribution in [3.8, 4) is 0 Å². The van der Waals surface area contributed by atoms with Crippen LogP contribution in [0.5, 0.6) is 0 Å². The smallest absolute Gasteiger partial charge is 0.251 e. The SMILES string of the molecule is CN1O[C@@H](CNC(=O)c2ccccc2)C[C@@H]1c1ccccc1. The van der Waals surface area contributed by atoms with Gasteiger partial charge >= 0.3 is 0 Å². The maximum atomic E-state index is 12.1. The van der Waals surface area contributed by atoms with Gasteiger partial charge in [0.15, 0.2) is 0 Å². The first kappa shape index (κ1) is 14.8. The standard InChI is InChI=1S/C18H20N2O2/c1-20-17(14-8-4-2-5-9-14)12-16(22-20)13-19-18(21)15-10-6-3-7-11-15/h2-11,16-17H,12-13H2,1H3,(H,19,21)/t16-,17-/m1/s1. The van der Waals surface area contributed by atoms with Crippen molar-refractivity contribution in [1.29, 1.82) is 0 Å². The fraction of sp³-hybridized carbons (Fsp3) is 0.278. The summed E-state index contributed by atoms with van der Waals surface area (Å²) >= 11 is 0. The van der Waals surface area contributed by atoms with E-state index in [0.717, 1.165) is 6.42 Å². The number of benzene rings is 2. The predicted octanol–water partition coefficient (Wildman–Crippen LogP) is 2.79. The molecule has 0 spiro atoms. The summed E-state index contributed by atoms with van der Waals surface area (Å²) < 4.78 is 0. The average Bonchev–Trinajstić information content (AvgIpc) is 2.95. The molecule has 4 heteroatoms. The van der Waals surface area contributed by atoms with Gasteiger partial charge in [0.2, 0.25) is 0 Å². The number of hydrogen-bond donors (Lipinski definition) is 1. The number of nitrogens with one attached hydrogen (secondary N) is 1. The van der Waals surface area contributed by atoms with Crippen LogP contribution in [-0.4, -0.2) is 30.7 Å². The molecule has 0 bridgehead atoms. The Balaban J connectivity index is 1.56. The Kier molecular flexibility index (Phi) is 4.51. The number of hydroxylamine groups is 2. The molecule has 0 saturated carbocycles. The highest BCUT2D eigenvalue weighted by molar-refractivity contribution is 5.94. The molecule has 1 amide bonds. The number of rotatable bonds is 4. The van der Waals surface area contributed by atoms with Crippen molar-refractivity contribution < 1.29 is 9.63 Å². The molecule has 1 heterocycles. The van der Waals surface area contributed by atoms with Crippen molar-refractivity contribution in [2.24, 2.45) is 0 Å². The van der Waals surface area contributed by atoms with Crippen molar-refractivity contribution in [2.45, 2.75) is 18.6 Å².